The zero-order chi connectivity index (χ0) is 17.6. The van der Waals surface area contributed by atoms with E-state index >= 15 is 0 Å². The molecular formula is C14H13BrF6IP. The fourth-order valence-corrected chi connectivity index (χ4v) is 4.10. The van der Waals surface area contributed by atoms with E-state index in [0.29, 0.717) is 0 Å². The van der Waals surface area contributed by atoms with Crippen molar-refractivity contribution < 1.29 is 46.4 Å². The molecule has 0 aromatic heterocycles. The predicted molar refractivity (Wildman–Crippen MR) is 81.3 cm³/mol. The Morgan fingerprint density at radius 1 is 0.739 bits per heavy atom. The normalized spacial score (nSPS) is 14.2. The van der Waals surface area contributed by atoms with Crippen molar-refractivity contribution in [1.82, 2.24) is 0 Å². The van der Waals surface area contributed by atoms with Crippen LogP contribution in [0.4, 0.5) is 25.2 Å². The zero-order valence-electron chi connectivity index (χ0n) is 11.6. The predicted octanol–water partition coefficient (Wildman–Crippen LogP) is 4.13. The fourth-order valence-electron chi connectivity index (χ4n) is 1.43. The van der Waals surface area contributed by atoms with Gasteiger partial charge in [0.2, 0.25) is 0 Å². The minimum absolute atomic E-state index is 0.00559. The number of rotatable bonds is 4. The van der Waals surface area contributed by atoms with Gasteiger partial charge in [-0.25, -0.2) is 0 Å². The van der Waals surface area contributed by atoms with Crippen molar-refractivity contribution in [2.24, 2.45) is 0 Å². The summed E-state index contributed by atoms with van der Waals surface area (Å²) < 4.78 is 62.2. The Balaban J connectivity index is 0.000000322. The SMILES string of the molecule is BrCCc1ccc([I+]c2ccccc2)cc1.F[P-](F)(F)(F)(F)F. The topological polar surface area (TPSA) is 0 Å². The summed E-state index contributed by atoms with van der Waals surface area (Å²) in [5.74, 6) is 0. The average molecular weight is 533 g/mol. The van der Waals surface area contributed by atoms with Gasteiger partial charge in [-0.2, -0.15) is 0 Å². The van der Waals surface area contributed by atoms with Gasteiger partial charge in [0.1, 0.15) is 0 Å². The third-order valence-electron chi connectivity index (χ3n) is 2.25. The van der Waals surface area contributed by atoms with E-state index in [-0.39, 0.29) is 21.2 Å². The van der Waals surface area contributed by atoms with Crippen LogP contribution in [0.5, 0.6) is 0 Å². The van der Waals surface area contributed by atoms with Crippen molar-refractivity contribution in [3.05, 3.63) is 67.3 Å². The van der Waals surface area contributed by atoms with Gasteiger partial charge in [0.05, 0.1) is 0 Å². The van der Waals surface area contributed by atoms with Gasteiger partial charge in [-0.1, -0.05) is 46.3 Å². The summed E-state index contributed by atoms with van der Waals surface area (Å²) >= 11 is 3.46. The van der Waals surface area contributed by atoms with Gasteiger partial charge in [0.15, 0.2) is 7.14 Å². The van der Waals surface area contributed by atoms with Crippen molar-refractivity contribution >= 4 is 23.7 Å². The summed E-state index contributed by atoms with van der Waals surface area (Å²) in [5, 5.41) is 1.04. The standard InChI is InChI=1S/C14H13BrI.F6P/c15-11-10-12-6-8-14(9-7-12)16-13-4-2-1-3-5-13;1-7(2,3,4,5)6/h1-9H,10-11H2;/q+1;-1. The number of hydrogen-bond donors (Lipinski definition) is 0. The molecule has 0 heterocycles. The molecule has 0 aliphatic rings. The molecule has 0 spiro atoms. The van der Waals surface area contributed by atoms with E-state index in [1.807, 2.05) is 0 Å². The van der Waals surface area contributed by atoms with E-state index in [0.717, 1.165) is 11.8 Å². The van der Waals surface area contributed by atoms with Crippen LogP contribution in [0.1, 0.15) is 5.56 Å². The monoisotopic (exact) mass is 532 g/mol. The molecule has 2 aromatic rings. The molecule has 0 bridgehead atoms. The Kier molecular flexibility index (Phi) is 6.54. The van der Waals surface area contributed by atoms with Gasteiger partial charge in [0, 0.05) is 5.33 Å². The molecule has 2 rings (SSSR count). The molecule has 0 unspecified atom stereocenters. The summed E-state index contributed by atoms with van der Waals surface area (Å²) in [7, 11) is -10.7. The maximum absolute atomic E-state index is 10.7. The van der Waals surface area contributed by atoms with E-state index in [2.05, 4.69) is 70.5 Å². The molecular weight excluding hydrogens is 520 g/mol. The molecule has 0 atom stereocenters. The van der Waals surface area contributed by atoms with Crippen molar-refractivity contribution in [2.45, 2.75) is 6.42 Å². The van der Waals surface area contributed by atoms with Crippen molar-refractivity contribution in [2.75, 3.05) is 5.33 Å². The van der Waals surface area contributed by atoms with Crippen LogP contribution < -0.4 is 21.2 Å². The zero-order valence-corrected chi connectivity index (χ0v) is 16.2. The number of halogens is 8. The van der Waals surface area contributed by atoms with E-state index < -0.39 is 7.81 Å². The Morgan fingerprint density at radius 2 is 1.17 bits per heavy atom. The molecule has 0 saturated heterocycles. The second-order valence-electron chi connectivity index (χ2n) is 4.41. The van der Waals surface area contributed by atoms with Crippen LogP contribution in [-0.2, 0) is 6.42 Å². The van der Waals surface area contributed by atoms with Crippen LogP contribution in [0.2, 0.25) is 0 Å². The second-order valence-corrected chi connectivity index (χ2v) is 10.2. The van der Waals surface area contributed by atoms with Gasteiger partial charge >= 0.3 is 54.2 Å². The first-order valence-electron chi connectivity index (χ1n) is 6.25. The van der Waals surface area contributed by atoms with E-state index in [4.69, 9.17) is 0 Å². The molecule has 2 aromatic carbocycles. The molecule has 0 radical (unpaired) electrons. The van der Waals surface area contributed by atoms with Crippen LogP contribution in [0, 0.1) is 7.14 Å². The molecule has 0 N–H and O–H groups in total. The van der Waals surface area contributed by atoms with Crippen molar-refractivity contribution in [3.8, 4) is 0 Å². The first-order chi connectivity index (χ1) is 10.3. The molecule has 0 aliphatic carbocycles. The molecule has 0 saturated carbocycles. The molecule has 23 heavy (non-hydrogen) atoms. The first kappa shape index (κ1) is 20.7. The summed E-state index contributed by atoms with van der Waals surface area (Å²) in [5.41, 5.74) is 1.41. The Bertz CT molecular complexity index is 601. The van der Waals surface area contributed by atoms with E-state index in [1.54, 1.807) is 0 Å². The number of aryl methyl sites for hydroxylation is 1. The van der Waals surface area contributed by atoms with Gasteiger partial charge < -0.3 is 0 Å². The van der Waals surface area contributed by atoms with Crippen LogP contribution in [0.3, 0.4) is 0 Å². The average Bonchev–Trinajstić information content (AvgIpc) is 2.39. The fraction of sp³-hybridized carbons (Fsp3) is 0.143. The Hall–Kier alpha value is -0.340. The molecule has 0 aliphatic heterocycles. The third-order valence-corrected chi connectivity index (χ3v) is 5.33. The van der Waals surface area contributed by atoms with Crippen LogP contribution in [0.15, 0.2) is 54.6 Å². The van der Waals surface area contributed by atoms with Crippen LogP contribution >= 0.6 is 23.7 Å². The van der Waals surface area contributed by atoms with Gasteiger partial charge in [-0.15, -0.1) is 0 Å². The second kappa shape index (κ2) is 7.27. The maximum atomic E-state index is 9.87. The summed E-state index contributed by atoms with van der Waals surface area (Å²) in [6.07, 6.45) is 1.12. The molecule has 0 nitrogen and oxygen atoms in total. The molecule has 0 fully saturated rings. The van der Waals surface area contributed by atoms with Crippen LogP contribution in [-0.4, -0.2) is 5.33 Å². The van der Waals surface area contributed by atoms with E-state index in [9.17, 15) is 25.2 Å². The first-order valence-corrected chi connectivity index (χ1v) is 11.6. The summed E-state index contributed by atoms with van der Waals surface area (Å²) in [6.45, 7) is 0. The van der Waals surface area contributed by atoms with Crippen molar-refractivity contribution in [1.29, 1.82) is 0 Å². The number of hydrogen-bond acceptors (Lipinski definition) is 0. The van der Waals surface area contributed by atoms with Crippen molar-refractivity contribution in [3.63, 3.8) is 0 Å². The van der Waals surface area contributed by atoms with Crippen LogP contribution in [0.25, 0.3) is 0 Å². The minimum atomic E-state index is -10.7. The summed E-state index contributed by atoms with van der Waals surface area (Å²) in [4.78, 5) is 0. The molecule has 130 valence electrons. The van der Waals surface area contributed by atoms with Gasteiger partial charge in [0.25, 0.3) is 0 Å². The number of benzene rings is 2. The Morgan fingerprint density at radius 3 is 1.61 bits per heavy atom. The molecule has 0 amide bonds. The van der Waals surface area contributed by atoms with Gasteiger partial charge in [-0.3, -0.25) is 0 Å². The summed E-state index contributed by atoms with van der Waals surface area (Å²) in [6, 6.07) is 19.8. The number of alkyl halides is 1. The Labute approximate surface area is 148 Å². The van der Waals surface area contributed by atoms with Gasteiger partial charge in [-0.05, 0) is 36.2 Å². The third kappa shape index (κ3) is 13.8. The quantitative estimate of drug-likeness (QED) is 0.240. The van der Waals surface area contributed by atoms with E-state index in [1.165, 1.54) is 12.7 Å². The molecule has 9 heteroatoms.